The van der Waals surface area contributed by atoms with Crippen molar-refractivity contribution >= 4 is 5.96 Å². The Morgan fingerprint density at radius 3 is 2.58 bits per heavy atom. The molecule has 0 aliphatic carbocycles. The molecule has 0 bridgehead atoms. The van der Waals surface area contributed by atoms with Gasteiger partial charge in [-0.3, -0.25) is 14.6 Å². The predicted molar refractivity (Wildman–Crippen MR) is 109 cm³/mol. The highest BCUT2D eigenvalue weighted by molar-refractivity contribution is 5.79. The van der Waals surface area contributed by atoms with Gasteiger partial charge in [0, 0.05) is 57.5 Å². The molecular weight excluding hydrogens is 326 g/mol. The van der Waals surface area contributed by atoms with Crippen molar-refractivity contribution < 1.29 is 0 Å². The summed E-state index contributed by atoms with van der Waals surface area (Å²) in [7, 11) is 2.19. The normalized spacial score (nSPS) is 18.1. The molecule has 7 heteroatoms. The molecule has 26 heavy (non-hydrogen) atoms. The van der Waals surface area contributed by atoms with Gasteiger partial charge in [0.05, 0.1) is 12.2 Å². The average Bonchev–Trinajstić information content (AvgIpc) is 2.94. The van der Waals surface area contributed by atoms with Crippen LogP contribution in [-0.4, -0.2) is 84.4 Å². The van der Waals surface area contributed by atoms with Gasteiger partial charge >= 0.3 is 0 Å². The van der Waals surface area contributed by atoms with Crippen LogP contribution in [0.5, 0.6) is 0 Å². The molecule has 1 aliphatic heterocycles. The smallest absolute Gasteiger partial charge is 0.191 e. The molecule has 1 aromatic rings. The second-order valence-electron chi connectivity index (χ2n) is 7.34. The molecule has 1 fully saturated rings. The number of nitrogens with one attached hydrogen (secondary N) is 2. The Hall–Kier alpha value is -1.60. The Labute approximate surface area is 158 Å². The van der Waals surface area contributed by atoms with Crippen LogP contribution in [0.4, 0.5) is 0 Å². The monoisotopic (exact) mass is 363 g/mol. The van der Waals surface area contributed by atoms with Gasteiger partial charge in [-0.2, -0.15) is 5.10 Å². The quantitative estimate of drug-likeness (QED) is 0.411. The Kier molecular flexibility index (Phi) is 8.38. The topological polar surface area (TPSA) is 60.7 Å². The summed E-state index contributed by atoms with van der Waals surface area (Å²) in [6, 6.07) is 2.60. The van der Waals surface area contributed by atoms with Crippen LogP contribution >= 0.6 is 0 Å². The summed E-state index contributed by atoms with van der Waals surface area (Å²) < 4.78 is 2.08. The van der Waals surface area contributed by atoms with Crippen LogP contribution in [0.3, 0.4) is 0 Å². The maximum absolute atomic E-state index is 4.79. The van der Waals surface area contributed by atoms with E-state index in [4.69, 9.17) is 4.99 Å². The molecule has 0 aromatic carbocycles. The zero-order valence-electron chi connectivity index (χ0n) is 17.3. The minimum Gasteiger partial charge on any atom is -0.357 e. The molecule has 0 amide bonds. The number of likely N-dealkylation sites (N-methyl/N-ethyl adjacent to an activating group) is 1. The van der Waals surface area contributed by atoms with E-state index < -0.39 is 0 Å². The predicted octanol–water partition coefficient (Wildman–Crippen LogP) is 1.08. The first-order chi connectivity index (χ1) is 12.5. The van der Waals surface area contributed by atoms with Crippen LogP contribution in [-0.2, 0) is 6.54 Å². The summed E-state index contributed by atoms with van der Waals surface area (Å²) in [5, 5.41) is 11.3. The number of hydrogen-bond donors (Lipinski definition) is 2. The van der Waals surface area contributed by atoms with Crippen LogP contribution in [0.15, 0.2) is 11.1 Å². The van der Waals surface area contributed by atoms with Gasteiger partial charge in [-0.15, -0.1) is 0 Å². The highest BCUT2D eigenvalue weighted by Gasteiger charge is 2.18. The highest BCUT2D eigenvalue weighted by Crippen LogP contribution is 2.05. The first kappa shape index (κ1) is 20.7. The van der Waals surface area contributed by atoms with E-state index in [1.54, 1.807) is 0 Å². The molecule has 2 N–H and O–H groups in total. The SMILES string of the molecule is CCNC(=NCC(C)N1CCN(C)CC1)NCCCn1nc(C)cc1C. The molecule has 1 aliphatic rings. The van der Waals surface area contributed by atoms with Gasteiger partial charge in [0.25, 0.3) is 0 Å². The summed E-state index contributed by atoms with van der Waals surface area (Å²) in [5.74, 6) is 0.918. The number of aromatic nitrogens is 2. The number of rotatable bonds is 8. The molecule has 0 radical (unpaired) electrons. The third-order valence-electron chi connectivity index (χ3n) is 4.96. The van der Waals surface area contributed by atoms with E-state index in [2.05, 4.69) is 64.1 Å². The van der Waals surface area contributed by atoms with Crippen LogP contribution in [0.1, 0.15) is 31.7 Å². The lowest BCUT2D eigenvalue weighted by Crippen LogP contribution is -2.49. The lowest BCUT2D eigenvalue weighted by Gasteiger charge is -2.35. The largest absolute Gasteiger partial charge is 0.357 e. The molecule has 7 nitrogen and oxygen atoms in total. The zero-order valence-corrected chi connectivity index (χ0v) is 17.3. The fraction of sp³-hybridized carbons (Fsp3) is 0.789. The van der Waals surface area contributed by atoms with Crippen molar-refractivity contribution in [1.82, 2.24) is 30.2 Å². The fourth-order valence-electron chi connectivity index (χ4n) is 3.28. The minimum atomic E-state index is 0.480. The molecular formula is C19H37N7. The van der Waals surface area contributed by atoms with Crippen molar-refractivity contribution in [2.45, 2.75) is 46.7 Å². The van der Waals surface area contributed by atoms with Crippen molar-refractivity contribution in [1.29, 1.82) is 0 Å². The van der Waals surface area contributed by atoms with Gasteiger partial charge in [0.1, 0.15) is 0 Å². The van der Waals surface area contributed by atoms with E-state index in [0.29, 0.717) is 6.04 Å². The standard InChI is InChI=1S/C19H37N7/c1-6-20-19(21-8-7-9-26-17(3)14-16(2)23-26)22-15-18(4)25-12-10-24(5)11-13-25/h14,18H,6-13,15H2,1-5H3,(H2,20,21,22). The number of nitrogens with zero attached hydrogens (tertiary/aromatic N) is 5. The minimum absolute atomic E-state index is 0.480. The van der Waals surface area contributed by atoms with Crippen molar-refractivity contribution in [2.24, 2.45) is 4.99 Å². The molecule has 0 spiro atoms. The Balaban J connectivity index is 1.74. The molecule has 0 saturated carbocycles. The van der Waals surface area contributed by atoms with E-state index in [1.807, 2.05) is 6.92 Å². The van der Waals surface area contributed by atoms with E-state index >= 15 is 0 Å². The highest BCUT2D eigenvalue weighted by atomic mass is 15.3. The molecule has 1 atom stereocenters. The van der Waals surface area contributed by atoms with Crippen molar-refractivity contribution in [2.75, 3.05) is 52.9 Å². The number of aryl methyl sites for hydroxylation is 3. The lowest BCUT2D eigenvalue weighted by atomic mass is 10.2. The summed E-state index contributed by atoms with van der Waals surface area (Å²) in [5.41, 5.74) is 2.31. The van der Waals surface area contributed by atoms with E-state index in [-0.39, 0.29) is 0 Å². The van der Waals surface area contributed by atoms with Crippen LogP contribution in [0, 0.1) is 13.8 Å². The maximum atomic E-state index is 4.79. The molecule has 148 valence electrons. The second kappa shape index (κ2) is 10.5. The average molecular weight is 364 g/mol. The Morgan fingerprint density at radius 1 is 1.23 bits per heavy atom. The lowest BCUT2D eigenvalue weighted by molar-refractivity contribution is 0.122. The van der Waals surface area contributed by atoms with Crippen molar-refractivity contribution in [3.05, 3.63) is 17.5 Å². The number of hydrogen-bond acceptors (Lipinski definition) is 4. The fourth-order valence-corrected chi connectivity index (χ4v) is 3.28. The number of guanidine groups is 1. The van der Waals surface area contributed by atoms with Gasteiger partial charge in [0.15, 0.2) is 5.96 Å². The van der Waals surface area contributed by atoms with Crippen LogP contribution < -0.4 is 10.6 Å². The van der Waals surface area contributed by atoms with Crippen molar-refractivity contribution in [3.63, 3.8) is 0 Å². The second-order valence-corrected chi connectivity index (χ2v) is 7.34. The van der Waals surface area contributed by atoms with Gasteiger partial charge < -0.3 is 15.5 Å². The summed E-state index contributed by atoms with van der Waals surface area (Å²) in [6.07, 6.45) is 1.03. The number of aliphatic imine (C=N–C) groups is 1. The summed E-state index contributed by atoms with van der Waals surface area (Å²) in [6.45, 7) is 16.7. The van der Waals surface area contributed by atoms with E-state index in [1.165, 1.54) is 5.69 Å². The molecule has 1 saturated heterocycles. The maximum Gasteiger partial charge on any atom is 0.191 e. The third-order valence-corrected chi connectivity index (χ3v) is 4.96. The van der Waals surface area contributed by atoms with Crippen LogP contribution in [0.25, 0.3) is 0 Å². The van der Waals surface area contributed by atoms with Gasteiger partial charge in [0.2, 0.25) is 0 Å². The first-order valence-corrected chi connectivity index (χ1v) is 9.95. The Bertz CT molecular complexity index is 558. The van der Waals surface area contributed by atoms with Crippen LogP contribution in [0.2, 0.25) is 0 Å². The van der Waals surface area contributed by atoms with E-state index in [0.717, 1.165) is 70.4 Å². The van der Waals surface area contributed by atoms with E-state index in [9.17, 15) is 0 Å². The van der Waals surface area contributed by atoms with Gasteiger partial charge in [-0.1, -0.05) is 0 Å². The summed E-state index contributed by atoms with van der Waals surface area (Å²) in [4.78, 5) is 9.72. The molecule has 2 heterocycles. The summed E-state index contributed by atoms with van der Waals surface area (Å²) >= 11 is 0. The Morgan fingerprint density at radius 2 is 1.96 bits per heavy atom. The zero-order chi connectivity index (χ0) is 18.9. The van der Waals surface area contributed by atoms with Gasteiger partial charge in [-0.25, -0.2) is 0 Å². The third kappa shape index (κ3) is 6.61. The molecule has 2 rings (SSSR count). The molecule has 1 unspecified atom stereocenters. The first-order valence-electron chi connectivity index (χ1n) is 9.95. The number of piperazine rings is 1. The van der Waals surface area contributed by atoms with Gasteiger partial charge in [-0.05, 0) is 47.2 Å². The van der Waals surface area contributed by atoms with Crippen molar-refractivity contribution in [3.8, 4) is 0 Å². The molecule has 1 aromatic heterocycles.